The molecule has 0 unspecified atom stereocenters. The van der Waals surface area contributed by atoms with Crippen LogP contribution in [-0.4, -0.2) is 13.7 Å². The number of nitrogens with zero attached hydrogens (tertiary/aromatic N) is 4. The van der Waals surface area contributed by atoms with Gasteiger partial charge in [-0.05, 0) is 132 Å². The molecule has 0 aliphatic carbocycles. The number of anilines is 3. The molecule has 85 heavy (non-hydrogen) atoms. The average Bonchev–Trinajstić information content (AvgIpc) is 3.42. The maximum Gasteiger partial charge on any atom is 0.200 e. The second-order valence-corrected chi connectivity index (χ2v) is 22.7. The number of fused-ring (bicyclic) bond motifs is 15. The van der Waals surface area contributed by atoms with Crippen LogP contribution in [0.5, 0.6) is 0 Å². The molecule has 0 saturated heterocycles. The molecule has 0 radical (unpaired) electrons. The molecule has 0 fully saturated rings. The van der Waals surface area contributed by atoms with Crippen molar-refractivity contribution in [1.82, 2.24) is 13.7 Å². The van der Waals surface area contributed by atoms with Gasteiger partial charge >= 0.3 is 0 Å². The Balaban J connectivity index is 0.000000155. The molecule has 8 nitrogen and oxygen atoms in total. The van der Waals surface area contributed by atoms with Gasteiger partial charge in [-0.25, -0.2) is 0 Å². The van der Waals surface area contributed by atoms with Crippen LogP contribution in [-0.2, 0) is 5.41 Å². The first-order valence-electron chi connectivity index (χ1n) is 28.7. The Bertz CT molecular complexity index is 5470. The van der Waals surface area contributed by atoms with Crippen LogP contribution in [0.1, 0.15) is 25.0 Å². The van der Waals surface area contributed by atoms with Gasteiger partial charge in [0, 0.05) is 72.6 Å². The van der Waals surface area contributed by atoms with E-state index >= 15 is 0 Å². The average molecular weight is 1100 g/mol. The van der Waals surface area contributed by atoms with E-state index in [-0.39, 0.29) is 16.3 Å². The van der Waals surface area contributed by atoms with E-state index in [2.05, 4.69) is 214 Å². The minimum atomic E-state index is -0.108. The fourth-order valence-electron chi connectivity index (χ4n) is 13.8. The predicted molar refractivity (Wildman–Crippen MR) is 350 cm³/mol. The van der Waals surface area contributed by atoms with Crippen LogP contribution in [0.2, 0.25) is 0 Å². The summed E-state index contributed by atoms with van der Waals surface area (Å²) in [4.78, 5) is 28.8. The lowest BCUT2D eigenvalue weighted by Crippen LogP contribution is -2.30. The maximum absolute atomic E-state index is 13.5. The Morgan fingerprint density at radius 1 is 0.271 bits per heavy atom. The van der Waals surface area contributed by atoms with Crippen molar-refractivity contribution < 1.29 is 8.83 Å². The number of rotatable bonds is 4. The monoisotopic (exact) mass is 1090 g/mol. The summed E-state index contributed by atoms with van der Waals surface area (Å²) in [5.41, 5.74) is 18.0. The zero-order valence-corrected chi connectivity index (χ0v) is 46.3. The van der Waals surface area contributed by atoms with Crippen molar-refractivity contribution in [2.75, 3.05) is 4.90 Å². The topological polar surface area (TPSA) is 78.5 Å². The summed E-state index contributed by atoms with van der Waals surface area (Å²) in [6, 6.07) is 91.9. The highest BCUT2D eigenvalue weighted by Gasteiger charge is 2.36. The quantitative estimate of drug-likeness (QED) is 0.164. The van der Waals surface area contributed by atoms with Crippen molar-refractivity contribution in [2.24, 2.45) is 0 Å². The summed E-state index contributed by atoms with van der Waals surface area (Å²) in [5, 5.41) is 9.55. The third-order valence-electron chi connectivity index (χ3n) is 17.7. The van der Waals surface area contributed by atoms with E-state index in [1.807, 2.05) is 84.9 Å². The van der Waals surface area contributed by atoms with Crippen molar-refractivity contribution >= 4 is 126 Å². The third kappa shape index (κ3) is 7.22. The van der Waals surface area contributed by atoms with Crippen LogP contribution in [0.3, 0.4) is 0 Å². The van der Waals surface area contributed by atoms with Crippen LogP contribution in [0.4, 0.5) is 17.1 Å². The minimum absolute atomic E-state index is 0.00368. The van der Waals surface area contributed by atoms with Crippen LogP contribution < -0.4 is 15.8 Å². The molecule has 0 bridgehead atoms. The summed E-state index contributed by atoms with van der Waals surface area (Å²) in [7, 11) is 0. The minimum Gasteiger partial charge on any atom is -0.456 e. The molecule has 0 amide bonds. The van der Waals surface area contributed by atoms with Crippen molar-refractivity contribution in [3.8, 4) is 17.1 Å². The number of para-hydroxylation sites is 8. The van der Waals surface area contributed by atoms with E-state index in [0.29, 0.717) is 43.9 Å². The van der Waals surface area contributed by atoms with Crippen molar-refractivity contribution in [3.63, 3.8) is 0 Å². The van der Waals surface area contributed by atoms with Gasteiger partial charge in [0.25, 0.3) is 0 Å². The maximum atomic E-state index is 13.5. The second-order valence-electron chi connectivity index (χ2n) is 22.7. The predicted octanol–water partition coefficient (Wildman–Crippen LogP) is 19.3. The van der Waals surface area contributed by atoms with Gasteiger partial charge in [0.05, 0.1) is 66.0 Å². The first-order valence-corrected chi connectivity index (χ1v) is 28.7. The van der Waals surface area contributed by atoms with Gasteiger partial charge in [-0.2, -0.15) is 0 Å². The molecule has 17 aromatic rings. The Kier molecular flexibility index (Phi) is 10.5. The number of benzene rings is 12. The van der Waals surface area contributed by atoms with E-state index in [0.717, 1.165) is 55.9 Å². The zero-order valence-electron chi connectivity index (χ0n) is 46.3. The number of aromatic nitrogens is 3. The van der Waals surface area contributed by atoms with E-state index < -0.39 is 0 Å². The van der Waals surface area contributed by atoms with E-state index in [9.17, 15) is 9.59 Å². The largest absolute Gasteiger partial charge is 0.456 e. The van der Waals surface area contributed by atoms with E-state index in [1.54, 1.807) is 0 Å². The highest BCUT2D eigenvalue weighted by Crippen LogP contribution is 2.52. The first-order chi connectivity index (χ1) is 41.8. The Morgan fingerprint density at radius 3 is 1.01 bits per heavy atom. The van der Waals surface area contributed by atoms with E-state index in [4.69, 9.17) is 8.83 Å². The van der Waals surface area contributed by atoms with Gasteiger partial charge in [0.1, 0.15) is 22.3 Å². The Labute approximate surface area is 486 Å². The summed E-state index contributed by atoms with van der Waals surface area (Å²) in [6.07, 6.45) is 0. The summed E-state index contributed by atoms with van der Waals surface area (Å²) in [6.45, 7) is 4.54. The van der Waals surface area contributed by atoms with Gasteiger partial charge < -0.3 is 27.4 Å². The lowest BCUT2D eigenvalue weighted by molar-refractivity contribution is 0.631. The molecule has 12 aromatic carbocycles. The molecule has 0 saturated carbocycles. The molecule has 0 spiro atoms. The molecular weight excluding hydrogens is 1040 g/mol. The summed E-state index contributed by atoms with van der Waals surface area (Å²) < 4.78 is 19.6. The molecule has 6 heterocycles. The zero-order chi connectivity index (χ0) is 56.7. The standard InChI is InChI=1S/C49H29N3O2.C28H21NO2/c53-49-37-15-5-10-20-47(37)54-48-29-32(21-24-38(48)49)52-45-25-22-30(50-41-16-6-1-11-33(41)34-12-2-7-17-42(34)50)27-39(45)40-28-31(23-26-46(40)52)51-43-18-8-3-13-35(43)36-14-4-9-19-44(36)51;1-28(2)21-10-4-6-12-23(21)29(24-13-7-5-11-22(24)28)18-15-16-20-26(17-18)31-25-14-8-3-9-19(25)27(20)30/h1-29H;3-17H,1-2H3. The summed E-state index contributed by atoms with van der Waals surface area (Å²) in [5.74, 6) is 0. The summed E-state index contributed by atoms with van der Waals surface area (Å²) >= 11 is 0. The van der Waals surface area contributed by atoms with Crippen LogP contribution in [0.15, 0.2) is 285 Å². The Hall–Kier alpha value is -11.2. The fraction of sp³-hybridized carbons (Fsp3) is 0.0390. The first kappa shape index (κ1) is 48.5. The second kappa shape index (κ2) is 18.4. The SMILES string of the molecule is CC1(C)c2ccccc2N(c2ccc3c(=O)c4ccccc4oc3c2)c2ccccc21.O=c1c2ccccc2oc2cc(-n3c4ccc(-n5c6ccccc6c6ccccc65)cc4c4cc(-n5c6ccccc6c6ccccc65)ccc43)ccc12. The van der Waals surface area contributed by atoms with Crippen molar-refractivity contribution in [3.05, 3.63) is 298 Å². The van der Waals surface area contributed by atoms with Gasteiger partial charge in [-0.1, -0.05) is 147 Å². The molecule has 0 N–H and O–H groups in total. The van der Waals surface area contributed by atoms with Crippen LogP contribution in [0.25, 0.3) is 126 Å². The Morgan fingerprint density at radius 2 is 0.576 bits per heavy atom. The van der Waals surface area contributed by atoms with Gasteiger partial charge in [-0.3, -0.25) is 9.59 Å². The van der Waals surface area contributed by atoms with Crippen molar-refractivity contribution in [1.29, 1.82) is 0 Å². The third-order valence-corrected chi connectivity index (χ3v) is 17.7. The van der Waals surface area contributed by atoms with Crippen molar-refractivity contribution in [2.45, 2.75) is 19.3 Å². The highest BCUT2D eigenvalue weighted by atomic mass is 16.3. The molecule has 18 rings (SSSR count). The number of hydrogen-bond donors (Lipinski definition) is 0. The molecule has 5 aromatic heterocycles. The molecule has 402 valence electrons. The lowest BCUT2D eigenvalue weighted by Gasteiger charge is -2.42. The molecular formula is C77H50N4O4. The fourth-order valence-corrected chi connectivity index (χ4v) is 13.8. The van der Waals surface area contributed by atoms with Crippen LogP contribution >= 0.6 is 0 Å². The van der Waals surface area contributed by atoms with Gasteiger partial charge in [0.2, 0.25) is 10.9 Å². The smallest absolute Gasteiger partial charge is 0.200 e. The van der Waals surface area contributed by atoms with Crippen LogP contribution in [0, 0.1) is 0 Å². The number of hydrogen-bond acceptors (Lipinski definition) is 5. The molecule has 1 aliphatic heterocycles. The highest BCUT2D eigenvalue weighted by molar-refractivity contribution is 6.14. The molecule has 0 atom stereocenters. The van der Waals surface area contributed by atoms with Gasteiger partial charge in [0.15, 0.2) is 0 Å². The lowest BCUT2D eigenvalue weighted by atomic mass is 9.73. The van der Waals surface area contributed by atoms with Gasteiger partial charge in [-0.15, -0.1) is 0 Å². The normalized spacial score (nSPS) is 13.0. The van der Waals surface area contributed by atoms with E-state index in [1.165, 1.54) is 54.7 Å². The molecule has 8 heteroatoms. The molecule has 1 aliphatic rings.